The van der Waals surface area contributed by atoms with Crippen LogP contribution in [-0.2, 0) is 30.2 Å². The van der Waals surface area contributed by atoms with Crippen molar-refractivity contribution in [1.82, 2.24) is 14.3 Å². The van der Waals surface area contributed by atoms with E-state index in [9.17, 15) is 8.42 Å². The Labute approximate surface area is 118 Å². The first kappa shape index (κ1) is 14.6. The van der Waals surface area contributed by atoms with Crippen LogP contribution in [0.5, 0.6) is 0 Å². The second-order valence-corrected chi connectivity index (χ2v) is 6.25. The van der Waals surface area contributed by atoms with Gasteiger partial charge in [-0.05, 0) is 19.9 Å². The summed E-state index contributed by atoms with van der Waals surface area (Å²) in [6, 6.07) is 1.59. The molecule has 0 aliphatic carbocycles. The van der Waals surface area contributed by atoms with Crippen molar-refractivity contribution >= 4 is 15.7 Å². The van der Waals surface area contributed by atoms with Crippen molar-refractivity contribution in [2.75, 3.05) is 4.72 Å². The van der Waals surface area contributed by atoms with Gasteiger partial charge in [-0.25, -0.2) is 8.42 Å². The molecule has 0 unspecified atom stereocenters. The zero-order valence-electron chi connectivity index (χ0n) is 11.8. The third kappa shape index (κ3) is 2.70. The molecule has 0 aromatic carbocycles. The molecule has 2 rings (SSSR count). The number of anilines is 1. The van der Waals surface area contributed by atoms with Gasteiger partial charge in [0.1, 0.15) is 4.90 Å². The molecule has 2 heterocycles. The summed E-state index contributed by atoms with van der Waals surface area (Å²) in [5.74, 6) is 0. The summed E-state index contributed by atoms with van der Waals surface area (Å²) in [5.41, 5.74) is 7.51. The van der Waals surface area contributed by atoms with Crippen molar-refractivity contribution in [3.63, 3.8) is 0 Å². The van der Waals surface area contributed by atoms with Gasteiger partial charge in [0.15, 0.2) is 0 Å². The van der Waals surface area contributed by atoms with Gasteiger partial charge in [-0.3, -0.25) is 9.40 Å². The van der Waals surface area contributed by atoms with Crippen LogP contribution in [0.15, 0.2) is 23.4 Å². The second kappa shape index (κ2) is 5.29. The molecule has 110 valence electrons. The van der Waals surface area contributed by atoms with Gasteiger partial charge in [0.25, 0.3) is 10.0 Å². The Morgan fingerprint density at radius 3 is 2.55 bits per heavy atom. The number of sulfonamides is 1. The molecule has 0 spiro atoms. The van der Waals surface area contributed by atoms with Crippen molar-refractivity contribution in [3.8, 4) is 0 Å². The zero-order valence-corrected chi connectivity index (χ0v) is 12.6. The van der Waals surface area contributed by atoms with Crippen molar-refractivity contribution in [3.05, 3.63) is 29.8 Å². The minimum atomic E-state index is -3.62. The molecule has 2 aromatic rings. The SMILES string of the molecule is CCn1cc(S(=O)(=O)Nc2cn(C)nc2C)cc1CN. The minimum Gasteiger partial charge on any atom is -0.349 e. The molecule has 20 heavy (non-hydrogen) atoms. The average molecular weight is 297 g/mol. The molecule has 0 atom stereocenters. The maximum Gasteiger partial charge on any atom is 0.263 e. The number of rotatable bonds is 5. The summed E-state index contributed by atoms with van der Waals surface area (Å²) in [6.45, 7) is 4.66. The highest BCUT2D eigenvalue weighted by atomic mass is 32.2. The van der Waals surface area contributed by atoms with Crippen LogP contribution in [0.4, 0.5) is 5.69 Å². The fraction of sp³-hybridized carbons (Fsp3) is 0.417. The van der Waals surface area contributed by atoms with Crippen molar-refractivity contribution in [2.24, 2.45) is 12.8 Å². The van der Waals surface area contributed by atoms with E-state index in [2.05, 4.69) is 9.82 Å². The van der Waals surface area contributed by atoms with E-state index in [1.54, 1.807) is 37.1 Å². The molecule has 0 saturated heterocycles. The monoisotopic (exact) mass is 297 g/mol. The van der Waals surface area contributed by atoms with Crippen LogP contribution >= 0.6 is 0 Å². The van der Waals surface area contributed by atoms with Crippen LogP contribution in [-0.4, -0.2) is 22.8 Å². The lowest BCUT2D eigenvalue weighted by atomic mass is 10.4. The molecular weight excluding hydrogens is 278 g/mol. The van der Waals surface area contributed by atoms with E-state index in [4.69, 9.17) is 5.73 Å². The summed E-state index contributed by atoms with van der Waals surface area (Å²) in [6.07, 6.45) is 3.23. The molecule has 0 bridgehead atoms. The Balaban J connectivity index is 2.35. The summed E-state index contributed by atoms with van der Waals surface area (Å²) < 4.78 is 30.7. The largest absolute Gasteiger partial charge is 0.349 e. The van der Waals surface area contributed by atoms with Gasteiger partial charge in [-0.1, -0.05) is 0 Å². The molecular formula is C12H19N5O2S. The first-order valence-corrected chi connectivity index (χ1v) is 7.78. The van der Waals surface area contributed by atoms with Gasteiger partial charge in [-0.2, -0.15) is 5.10 Å². The zero-order chi connectivity index (χ0) is 14.9. The number of nitrogens with two attached hydrogens (primary N) is 1. The highest BCUT2D eigenvalue weighted by Gasteiger charge is 2.19. The molecule has 3 N–H and O–H groups in total. The van der Waals surface area contributed by atoms with Crippen molar-refractivity contribution < 1.29 is 8.42 Å². The van der Waals surface area contributed by atoms with Gasteiger partial charge in [0.05, 0.1) is 11.4 Å². The number of hydrogen-bond donors (Lipinski definition) is 2. The summed E-state index contributed by atoms with van der Waals surface area (Å²) in [4.78, 5) is 0.211. The Morgan fingerprint density at radius 1 is 1.40 bits per heavy atom. The van der Waals surface area contributed by atoms with Crippen LogP contribution in [0.1, 0.15) is 18.3 Å². The fourth-order valence-electron chi connectivity index (χ4n) is 2.04. The van der Waals surface area contributed by atoms with Crippen LogP contribution in [0, 0.1) is 6.92 Å². The molecule has 0 fully saturated rings. The number of aryl methyl sites for hydroxylation is 3. The lowest BCUT2D eigenvalue weighted by Gasteiger charge is -2.04. The van der Waals surface area contributed by atoms with Crippen molar-refractivity contribution in [1.29, 1.82) is 0 Å². The molecule has 0 aliphatic heterocycles. The average Bonchev–Trinajstić information content (AvgIpc) is 2.93. The fourth-order valence-corrected chi connectivity index (χ4v) is 3.21. The maximum atomic E-state index is 12.4. The lowest BCUT2D eigenvalue weighted by Crippen LogP contribution is -2.12. The summed E-state index contributed by atoms with van der Waals surface area (Å²) >= 11 is 0. The summed E-state index contributed by atoms with van der Waals surface area (Å²) in [5, 5.41) is 4.11. The Hall–Kier alpha value is -1.80. The Bertz CT molecular complexity index is 693. The van der Waals surface area contributed by atoms with Gasteiger partial charge in [-0.15, -0.1) is 0 Å². The normalized spacial score (nSPS) is 11.8. The molecule has 0 amide bonds. The minimum absolute atomic E-state index is 0.211. The lowest BCUT2D eigenvalue weighted by molar-refractivity contribution is 0.600. The molecule has 0 aliphatic rings. The van der Waals surface area contributed by atoms with Crippen LogP contribution < -0.4 is 10.5 Å². The molecule has 7 nitrogen and oxygen atoms in total. The first-order chi connectivity index (χ1) is 9.37. The van der Waals surface area contributed by atoms with Crippen LogP contribution in [0.3, 0.4) is 0 Å². The molecule has 0 saturated carbocycles. The highest BCUT2D eigenvalue weighted by Crippen LogP contribution is 2.20. The van der Waals surface area contributed by atoms with Gasteiger partial charge >= 0.3 is 0 Å². The van der Waals surface area contributed by atoms with Crippen LogP contribution in [0.25, 0.3) is 0 Å². The molecule has 0 radical (unpaired) electrons. The molecule has 2 aromatic heterocycles. The van der Waals surface area contributed by atoms with Crippen molar-refractivity contribution in [2.45, 2.75) is 31.8 Å². The van der Waals surface area contributed by atoms with E-state index in [1.807, 2.05) is 11.5 Å². The third-order valence-corrected chi connectivity index (χ3v) is 4.41. The van der Waals surface area contributed by atoms with Gasteiger partial charge in [0, 0.05) is 38.2 Å². The molecule has 8 heteroatoms. The maximum absolute atomic E-state index is 12.4. The summed E-state index contributed by atoms with van der Waals surface area (Å²) in [7, 11) is -1.88. The van der Waals surface area contributed by atoms with Crippen LogP contribution in [0.2, 0.25) is 0 Å². The van der Waals surface area contributed by atoms with E-state index >= 15 is 0 Å². The topological polar surface area (TPSA) is 94.9 Å². The number of nitrogens with one attached hydrogen (secondary N) is 1. The predicted molar refractivity (Wildman–Crippen MR) is 76.8 cm³/mol. The second-order valence-electron chi connectivity index (χ2n) is 4.56. The van der Waals surface area contributed by atoms with Gasteiger partial charge in [0.2, 0.25) is 0 Å². The van der Waals surface area contributed by atoms with E-state index in [0.29, 0.717) is 24.5 Å². The predicted octanol–water partition coefficient (Wildman–Crippen LogP) is 0.809. The first-order valence-electron chi connectivity index (χ1n) is 6.29. The Kier molecular flexibility index (Phi) is 3.87. The van der Waals surface area contributed by atoms with E-state index in [-0.39, 0.29) is 4.90 Å². The Morgan fingerprint density at radius 2 is 2.10 bits per heavy atom. The standard InChI is InChI=1S/C12H19N5O2S/c1-4-17-7-11(5-10(17)6-13)20(18,19)15-12-8-16(3)14-9(12)2/h5,7-8,15H,4,6,13H2,1-3H3. The third-order valence-electron chi connectivity index (χ3n) is 3.08. The van der Waals surface area contributed by atoms with Gasteiger partial charge < -0.3 is 10.3 Å². The number of aromatic nitrogens is 3. The van der Waals surface area contributed by atoms with E-state index in [1.165, 1.54) is 0 Å². The quantitative estimate of drug-likeness (QED) is 0.853. The highest BCUT2D eigenvalue weighted by molar-refractivity contribution is 7.92. The van der Waals surface area contributed by atoms with E-state index < -0.39 is 10.0 Å². The smallest absolute Gasteiger partial charge is 0.263 e. The van der Waals surface area contributed by atoms with E-state index in [0.717, 1.165) is 5.69 Å². The number of nitrogens with zero attached hydrogens (tertiary/aromatic N) is 3. The number of hydrogen-bond acceptors (Lipinski definition) is 4.